The molecule has 2 atom stereocenters. The highest BCUT2D eigenvalue weighted by atomic mass is 35.5. The highest BCUT2D eigenvalue weighted by molar-refractivity contribution is 5.85. The zero-order valence-electron chi connectivity index (χ0n) is 8.91. The smallest absolute Gasteiger partial charge is 0.0345 e. The molecule has 14 heavy (non-hydrogen) atoms. The van der Waals surface area contributed by atoms with E-state index in [-0.39, 0.29) is 12.4 Å². The fraction of sp³-hybridized carbons (Fsp3) is 1.00. The number of nitrogens with one attached hydrogen (secondary N) is 1. The zero-order chi connectivity index (χ0) is 9.26. The molecule has 4 heteroatoms. The van der Waals surface area contributed by atoms with Gasteiger partial charge in [-0.25, -0.2) is 0 Å². The van der Waals surface area contributed by atoms with Crippen LogP contribution in [0.2, 0.25) is 0 Å². The Labute approximate surface area is 92.8 Å². The van der Waals surface area contributed by atoms with Crippen LogP contribution in [0.5, 0.6) is 0 Å². The molecule has 3 nitrogen and oxygen atoms in total. The molecule has 0 spiro atoms. The second-order valence-corrected chi connectivity index (χ2v) is 4.43. The van der Waals surface area contributed by atoms with E-state index < -0.39 is 0 Å². The Morgan fingerprint density at radius 3 is 2.64 bits per heavy atom. The Hall–Kier alpha value is 0.170. The molecule has 2 fully saturated rings. The summed E-state index contributed by atoms with van der Waals surface area (Å²) in [5, 5.41) is 3.33. The molecule has 2 aliphatic rings. The molecule has 0 aliphatic carbocycles. The van der Waals surface area contributed by atoms with Crippen molar-refractivity contribution in [1.82, 2.24) is 10.2 Å². The third-order valence-corrected chi connectivity index (χ3v) is 3.62. The lowest BCUT2D eigenvalue weighted by Crippen LogP contribution is -2.61. The lowest BCUT2D eigenvalue weighted by atomic mass is 9.89. The molecule has 0 aromatic rings. The summed E-state index contributed by atoms with van der Waals surface area (Å²) in [4.78, 5) is 2.62. The van der Waals surface area contributed by atoms with Gasteiger partial charge < -0.3 is 11.1 Å². The summed E-state index contributed by atoms with van der Waals surface area (Å²) < 4.78 is 0. The average molecular weight is 220 g/mol. The van der Waals surface area contributed by atoms with Gasteiger partial charge >= 0.3 is 0 Å². The number of hydrogen-bond acceptors (Lipinski definition) is 3. The maximum atomic E-state index is 6.07. The Morgan fingerprint density at radius 1 is 1.43 bits per heavy atom. The molecule has 0 aromatic carbocycles. The Balaban J connectivity index is 0.000000980. The molecular weight excluding hydrogens is 198 g/mol. The molecule has 3 N–H and O–H groups in total. The van der Waals surface area contributed by atoms with E-state index >= 15 is 0 Å². The second-order valence-electron chi connectivity index (χ2n) is 4.43. The van der Waals surface area contributed by atoms with Gasteiger partial charge in [-0.15, -0.1) is 12.4 Å². The van der Waals surface area contributed by atoms with E-state index in [1.165, 1.54) is 39.0 Å². The topological polar surface area (TPSA) is 41.3 Å². The van der Waals surface area contributed by atoms with Gasteiger partial charge in [-0.1, -0.05) is 13.3 Å². The van der Waals surface area contributed by atoms with Crippen LogP contribution in [0.3, 0.4) is 0 Å². The first kappa shape index (κ1) is 12.2. The number of piperidine rings is 1. The van der Waals surface area contributed by atoms with Crippen LogP contribution in [0.1, 0.15) is 19.8 Å². The lowest BCUT2D eigenvalue weighted by Gasteiger charge is -2.44. The number of nitrogens with zero attached hydrogens (tertiary/aromatic N) is 1. The normalized spacial score (nSPS) is 34.7. The minimum absolute atomic E-state index is 0. The minimum Gasteiger partial charge on any atom is -0.327 e. The summed E-state index contributed by atoms with van der Waals surface area (Å²) in [6, 6.07) is 1.26. The van der Waals surface area contributed by atoms with Crippen LogP contribution < -0.4 is 11.1 Å². The number of hydrogen-bond donors (Lipinski definition) is 2. The molecular formula is C10H22ClN3. The first-order valence-electron chi connectivity index (χ1n) is 5.51. The Morgan fingerprint density at radius 2 is 2.14 bits per heavy atom. The van der Waals surface area contributed by atoms with Crippen molar-refractivity contribution in [3.8, 4) is 0 Å². The quantitative estimate of drug-likeness (QED) is 0.709. The standard InChI is InChI=1S/C10H21N3.ClH/c1-2-8-7-13(4-3-10(8)11)9-5-12-6-9;/h8-10,12H,2-7,11H2,1H3;1H. The third-order valence-electron chi connectivity index (χ3n) is 3.62. The van der Waals surface area contributed by atoms with Crippen LogP contribution in [-0.4, -0.2) is 43.2 Å². The summed E-state index contributed by atoms with van der Waals surface area (Å²) in [7, 11) is 0. The van der Waals surface area contributed by atoms with Crippen LogP contribution in [0.4, 0.5) is 0 Å². The Bertz CT molecular complexity index is 173. The van der Waals surface area contributed by atoms with Crippen LogP contribution in [0, 0.1) is 5.92 Å². The number of rotatable bonds is 2. The SMILES string of the molecule is CCC1CN(C2CNC2)CCC1N.Cl. The largest absolute Gasteiger partial charge is 0.327 e. The van der Waals surface area contributed by atoms with Crippen molar-refractivity contribution >= 4 is 12.4 Å². The summed E-state index contributed by atoms with van der Waals surface area (Å²) in [6.07, 6.45) is 2.42. The lowest BCUT2D eigenvalue weighted by molar-refractivity contribution is 0.0786. The molecule has 2 saturated heterocycles. The fourth-order valence-corrected chi connectivity index (χ4v) is 2.37. The number of nitrogens with two attached hydrogens (primary N) is 1. The van der Waals surface area contributed by atoms with Crippen molar-refractivity contribution < 1.29 is 0 Å². The minimum atomic E-state index is 0. The average Bonchev–Trinajstić information content (AvgIpc) is 2.05. The molecule has 0 radical (unpaired) electrons. The van der Waals surface area contributed by atoms with E-state index in [4.69, 9.17) is 5.73 Å². The van der Waals surface area contributed by atoms with Gasteiger partial charge in [0.15, 0.2) is 0 Å². The summed E-state index contributed by atoms with van der Waals surface area (Å²) in [6.45, 7) is 7.07. The molecule has 0 aromatic heterocycles. The van der Waals surface area contributed by atoms with Gasteiger partial charge in [-0.3, -0.25) is 4.90 Å². The van der Waals surface area contributed by atoms with Crippen molar-refractivity contribution in [1.29, 1.82) is 0 Å². The monoisotopic (exact) mass is 219 g/mol. The number of halogens is 1. The van der Waals surface area contributed by atoms with Gasteiger partial charge in [0.1, 0.15) is 0 Å². The van der Waals surface area contributed by atoms with E-state index in [0.29, 0.717) is 6.04 Å². The Kier molecular flexibility index (Phi) is 4.64. The predicted octanol–water partition coefficient (Wildman–Crippen LogP) is 0.439. The van der Waals surface area contributed by atoms with Crippen LogP contribution in [-0.2, 0) is 0 Å². The van der Waals surface area contributed by atoms with Crippen molar-refractivity contribution in [2.24, 2.45) is 11.7 Å². The first-order valence-corrected chi connectivity index (χ1v) is 5.51. The highest BCUT2D eigenvalue weighted by Crippen LogP contribution is 2.21. The summed E-state index contributed by atoms with van der Waals surface area (Å²) in [5.74, 6) is 0.731. The van der Waals surface area contributed by atoms with E-state index in [1.807, 2.05) is 0 Å². The third kappa shape index (κ3) is 2.40. The molecule has 0 saturated carbocycles. The van der Waals surface area contributed by atoms with Gasteiger partial charge in [0.05, 0.1) is 0 Å². The summed E-state index contributed by atoms with van der Waals surface area (Å²) in [5.41, 5.74) is 6.07. The van der Waals surface area contributed by atoms with Gasteiger partial charge in [0.2, 0.25) is 0 Å². The van der Waals surface area contributed by atoms with E-state index in [2.05, 4.69) is 17.1 Å². The molecule has 84 valence electrons. The molecule has 0 bridgehead atoms. The van der Waals surface area contributed by atoms with Crippen LogP contribution in [0.25, 0.3) is 0 Å². The summed E-state index contributed by atoms with van der Waals surface area (Å²) >= 11 is 0. The van der Waals surface area contributed by atoms with E-state index in [9.17, 15) is 0 Å². The van der Waals surface area contributed by atoms with Crippen molar-refractivity contribution in [2.45, 2.75) is 31.8 Å². The van der Waals surface area contributed by atoms with Crippen LogP contribution >= 0.6 is 12.4 Å². The van der Waals surface area contributed by atoms with Gasteiger partial charge in [0.25, 0.3) is 0 Å². The molecule has 2 heterocycles. The van der Waals surface area contributed by atoms with Crippen molar-refractivity contribution in [3.63, 3.8) is 0 Å². The zero-order valence-corrected chi connectivity index (χ0v) is 9.72. The van der Waals surface area contributed by atoms with E-state index in [1.54, 1.807) is 0 Å². The first-order chi connectivity index (χ1) is 6.31. The van der Waals surface area contributed by atoms with Crippen molar-refractivity contribution in [3.05, 3.63) is 0 Å². The molecule has 2 unspecified atom stereocenters. The van der Waals surface area contributed by atoms with Crippen molar-refractivity contribution in [2.75, 3.05) is 26.2 Å². The van der Waals surface area contributed by atoms with Gasteiger partial charge in [-0.2, -0.15) is 0 Å². The maximum absolute atomic E-state index is 6.07. The van der Waals surface area contributed by atoms with Gasteiger partial charge in [-0.05, 0) is 12.3 Å². The second kappa shape index (κ2) is 5.31. The molecule has 2 aliphatic heterocycles. The van der Waals surface area contributed by atoms with E-state index in [0.717, 1.165) is 12.0 Å². The van der Waals surface area contributed by atoms with Crippen LogP contribution in [0.15, 0.2) is 0 Å². The highest BCUT2D eigenvalue weighted by Gasteiger charge is 2.31. The predicted molar refractivity (Wildman–Crippen MR) is 61.9 cm³/mol. The molecule has 0 amide bonds. The fourth-order valence-electron chi connectivity index (χ4n) is 2.37. The van der Waals surface area contributed by atoms with Gasteiger partial charge in [0, 0.05) is 38.3 Å². The maximum Gasteiger partial charge on any atom is 0.0345 e. The number of likely N-dealkylation sites (tertiary alicyclic amines) is 1. The molecule has 2 rings (SSSR count).